The zero-order valence-electron chi connectivity index (χ0n) is 16.5. The molecule has 0 bridgehead atoms. The van der Waals surface area contributed by atoms with Gasteiger partial charge >= 0.3 is 5.97 Å². The van der Waals surface area contributed by atoms with E-state index < -0.39 is 22.1 Å². The number of rotatable bonds is 6. The van der Waals surface area contributed by atoms with Gasteiger partial charge < -0.3 is 10.1 Å². The summed E-state index contributed by atoms with van der Waals surface area (Å²) in [5.74, 6) is -1.10. The fourth-order valence-electron chi connectivity index (χ4n) is 3.74. The van der Waals surface area contributed by atoms with Crippen LogP contribution in [-0.4, -0.2) is 49.8 Å². The summed E-state index contributed by atoms with van der Waals surface area (Å²) in [5.41, 5.74) is 0.0458. The Bertz CT molecular complexity index is 862. The van der Waals surface area contributed by atoms with E-state index in [1.165, 1.54) is 35.8 Å². The summed E-state index contributed by atoms with van der Waals surface area (Å²) >= 11 is 6.11. The van der Waals surface area contributed by atoms with Gasteiger partial charge in [-0.25, -0.2) is 13.2 Å². The Labute approximate surface area is 176 Å². The fourth-order valence-corrected chi connectivity index (χ4v) is 5.76. The summed E-state index contributed by atoms with van der Waals surface area (Å²) in [6.07, 6.45) is 5.83. The van der Waals surface area contributed by atoms with Gasteiger partial charge in [-0.3, -0.25) is 4.79 Å². The van der Waals surface area contributed by atoms with Crippen molar-refractivity contribution < 1.29 is 22.7 Å². The first-order chi connectivity index (χ1) is 13.8. The second kappa shape index (κ2) is 9.45. The van der Waals surface area contributed by atoms with Gasteiger partial charge in [0.1, 0.15) is 4.90 Å². The molecule has 1 N–H and O–H groups in total. The largest absolute Gasteiger partial charge is 0.449 e. The molecule has 0 radical (unpaired) electrons. The number of benzene rings is 1. The smallest absolute Gasteiger partial charge is 0.338 e. The number of ether oxygens (including phenoxy) is 1. The minimum atomic E-state index is -3.78. The number of amides is 1. The lowest BCUT2D eigenvalue weighted by Crippen LogP contribution is -2.42. The minimum absolute atomic E-state index is 0.0458. The van der Waals surface area contributed by atoms with Crippen molar-refractivity contribution in [2.45, 2.75) is 68.9 Å². The lowest BCUT2D eigenvalue weighted by molar-refractivity contribution is -0.130. The van der Waals surface area contributed by atoms with Gasteiger partial charge in [0, 0.05) is 19.1 Å². The second-order valence-electron chi connectivity index (χ2n) is 7.65. The Hall–Kier alpha value is -1.64. The van der Waals surface area contributed by atoms with Gasteiger partial charge in [0.25, 0.3) is 5.91 Å². The first-order valence-corrected chi connectivity index (χ1v) is 11.9. The SMILES string of the molecule is CC(OC(=O)c1ccc(Cl)c(S(=O)(=O)N2CCCC2)c1)C(=O)NC1CCCCC1. The third kappa shape index (κ3) is 5.29. The van der Waals surface area contributed by atoms with Crippen LogP contribution in [0.5, 0.6) is 0 Å². The van der Waals surface area contributed by atoms with Crippen molar-refractivity contribution in [1.29, 1.82) is 0 Å². The van der Waals surface area contributed by atoms with Gasteiger partial charge in [-0.15, -0.1) is 0 Å². The van der Waals surface area contributed by atoms with E-state index in [9.17, 15) is 18.0 Å². The minimum Gasteiger partial charge on any atom is -0.449 e. The molecule has 1 aliphatic carbocycles. The average Bonchev–Trinajstić information content (AvgIpc) is 3.24. The Morgan fingerprint density at radius 3 is 2.45 bits per heavy atom. The molecule has 0 spiro atoms. The highest BCUT2D eigenvalue weighted by Crippen LogP contribution is 2.28. The zero-order chi connectivity index (χ0) is 21.0. The van der Waals surface area contributed by atoms with Crippen molar-refractivity contribution in [2.24, 2.45) is 0 Å². The topological polar surface area (TPSA) is 92.8 Å². The summed E-state index contributed by atoms with van der Waals surface area (Å²) in [7, 11) is -3.78. The zero-order valence-corrected chi connectivity index (χ0v) is 18.1. The number of esters is 1. The predicted octanol–water partition coefficient (Wildman–Crippen LogP) is 3.12. The van der Waals surface area contributed by atoms with Gasteiger partial charge in [0.2, 0.25) is 10.0 Å². The lowest BCUT2D eigenvalue weighted by Gasteiger charge is -2.24. The molecule has 1 saturated heterocycles. The van der Waals surface area contributed by atoms with Crippen molar-refractivity contribution in [1.82, 2.24) is 9.62 Å². The number of hydrogen-bond acceptors (Lipinski definition) is 5. The normalized spacial score (nSPS) is 19.7. The van der Waals surface area contributed by atoms with E-state index in [-0.39, 0.29) is 27.4 Å². The standard InChI is InChI=1S/C20H27ClN2O5S/c1-14(19(24)22-16-7-3-2-4-8-16)28-20(25)15-9-10-17(21)18(13-15)29(26,27)23-11-5-6-12-23/h9-10,13-14,16H,2-8,11-12H2,1H3,(H,22,24). The molecule has 7 nitrogen and oxygen atoms in total. The van der Waals surface area contributed by atoms with Crippen LogP contribution in [0.3, 0.4) is 0 Å². The summed E-state index contributed by atoms with van der Waals surface area (Å²) < 4.78 is 32.2. The molecule has 1 aromatic rings. The molecule has 1 aromatic carbocycles. The molecule has 1 atom stereocenters. The molecule has 2 aliphatic rings. The van der Waals surface area contributed by atoms with Gasteiger partial charge in [-0.05, 0) is 50.8 Å². The van der Waals surface area contributed by atoms with E-state index in [0.29, 0.717) is 13.1 Å². The summed E-state index contributed by atoms with van der Waals surface area (Å²) in [4.78, 5) is 24.7. The van der Waals surface area contributed by atoms with Crippen LogP contribution in [0, 0.1) is 0 Å². The van der Waals surface area contributed by atoms with E-state index in [1.807, 2.05) is 0 Å². The van der Waals surface area contributed by atoms with Crippen molar-refractivity contribution >= 4 is 33.5 Å². The van der Waals surface area contributed by atoms with Crippen molar-refractivity contribution in [3.63, 3.8) is 0 Å². The quantitative estimate of drug-likeness (QED) is 0.683. The number of hydrogen-bond donors (Lipinski definition) is 1. The monoisotopic (exact) mass is 442 g/mol. The highest BCUT2D eigenvalue weighted by molar-refractivity contribution is 7.89. The van der Waals surface area contributed by atoms with Crippen LogP contribution in [0.1, 0.15) is 62.2 Å². The molecule has 9 heteroatoms. The second-order valence-corrected chi connectivity index (χ2v) is 9.96. The molecule has 1 saturated carbocycles. The van der Waals surface area contributed by atoms with Crippen molar-refractivity contribution in [3.05, 3.63) is 28.8 Å². The van der Waals surface area contributed by atoms with Crippen molar-refractivity contribution in [3.8, 4) is 0 Å². The molecule has 1 unspecified atom stereocenters. The third-order valence-electron chi connectivity index (χ3n) is 5.45. The number of halogens is 1. The molecule has 1 aliphatic heterocycles. The lowest BCUT2D eigenvalue weighted by atomic mass is 9.95. The highest BCUT2D eigenvalue weighted by Gasteiger charge is 2.30. The molecule has 0 aromatic heterocycles. The Kier molecular flexibility index (Phi) is 7.19. The van der Waals surface area contributed by atoms with Gasteiger partial charge in [-0.1, -0.05) is 30.9 Å². The van der Waals surface area contributed by atoms with Crippen molar-refractivity contribution in [2.75, 3.05) is 13.1 Å². The predicted molar refractivity (Wildman–Crippen MR) is 109 cm³/mol. The molecular formula is C20H27ClN2O5S. The summed E-state index contributed by atoms with van der Waals surface area (Å²) in [5, 5.41) is 2.97. The molecular weight excluding hydrogens is 416 g/mol. The Morgan fingerprint density at radius 1 is 1.14 bits per heavy atom. The number of nitrogens with one attached hydrogen (secondary N) is 1. The van der Waals surface area contributed by atoms with Crippen LogP contribution < -0.4 is 5.32 Å². The molecule has 1 amide bonds. The number of nitrogens with zero attached hydrogens (tertiary/aromatic N) is 1. The molecule has 3 rings (SSSR count). The third-order valence-corrected chi connectivity index (χ3v) is 7.83. The Morgan fingerprint density at radius 2 is 1.79 bits per heavy atom. The number of sulfonamides is 1. The summed E-state index contributed by atoms with van der Waals surface area (Å²) in [6, 6.07) is 4.11. The maximum absolute atomic E-state index is 12.8. The number of carbonyl (C=O) groups excluding carboxylic acids is 2. The van der Waals surface area contributed by atoms with Crippen LogP contribution >= 0.6 is 11.6 Å². The first kappa shape index (κ1) is 22.1. The molecule has 1 heterocycles. The molecule has 29 heavy (non-hydrogen) atoms. The van der Waals surface area contributed by atoms with E-state index in [2.05, 4.69) is 5.32 Å². The van der Waals surface area contributed by atoms with E-state index in [0.717, 1.165) is 38.5 Å². The Balaban J connectivity index is 1.68. The van der Waals surface area contributed by atoms with E-state index in [4.69, 9.17) is 16.3 Å². The maximum Gasteiger partial charge on any atom is 0.338 e. The van der Waals surface area contributed by atoms with Gasteiger partial charge in [-0.2, -0.15) is 4.31 Å². The van der Waals surface area contributed by atoms with Gasteiger partial charge in [0.05, 0.1) is 10.6 Å². The number of carbonyl (C=O) groups is 2. The average molecular weight is 443 g/mol. The van der Waals surface area contributed by atoms with Crippen LogP contribution in [-0.2, 0) is 19.6 Å². The van der Waals surface area contributed by atoms with Crippen LogP contribution in [0.15, 0.2) is 23.1 Å². The molecule has 160 valence electrons. The van der Waals surface area contributed by atoms with Crippen LogP contribution in [0.25, 0.3) is 0 Å². The van der Waals surface area contributed by atoms with E-state index >= 15 is 0 Å². The van der Waals surface area contributed by atoms with Crippen LogP contribution in [0.4, 0.5) is 0 Å². The fraction of sp³-hybridized carbons (Fsp3) is 0.600. The van der Waals surface area contributed by atoms with Gasteiger partial charge in [0.15, 0.2) is 6.10 Å². The molecule has 2 fully saturated rings. The van der Waals surface area contributed by atoms with Crippen LogP contribution in [0.2, 0.25) is 5.02 Å². The highest BCUT2D eigenvalue weighted by atomic mass is 35.5. The summed E-state index contributed by atoms with van der Waals surface area (Å²) in [6.45, 7) is 2.38. The first-order valence-electron chi connectivity index (χ1n) is 10.1. The maximum atomic E-state index is 12.8. The van der Waals surface area contributed by atoms with E-state index in [1.54, 1.807) is 0 Å².